The van der Waals surface area contributed by atoms with E-state index >= 15 is 0 Å². The van der Waals surface area contributed by atoms with Crippen LogP contribution in [-0.4, -0.2) is 72.2 Å². The molecule has 1 aliphatic carbocycles. The van der Waals surface area contributed by atoms with Gasteiger partial charge in [0.05, 0.1) is 46.5 Å². The van der Waals surface area contributed by atoms with Crippen molar-refractivity contribution in [2.75, 3.05) is 31.6 Å². The molecule has 45 heavy (non-hydrogen) atoms. The molecule has 0 bridgehead atoms. The van der Waals surface area contributed by atoms with Crippen LogP contribution in [0.2, 0.25) is 0 Å². The summed E-state index contributed by atoms with van der Waals surface area (Å²) >= 11 is 0. The van der Waals surface area contributed by atoms with Gasteiger partial charge in [0, 0.05) is 47.4 Å². The standard InChI is InChI=1S/C33H30FN9O2/c34-22-9-20(11-24(12-22)45-8-7-43-5-1-2-6-43)26-16-36-17-29-30(26)40-32(39-29)31-25-13-27(37-18-28(25)41-42-31)21-10-23(15-35-14-21)38-33(44)19-3-4-19/h9-19H,1-8H2,(H,38,44)(H,39,40)(H,41,42). The van der Waals surface area contributed by atoms with Crippen LogP contribution in [0.1, 0.15) is 25.7 Å². The van der Waals surface area contributed by atoms with Crippen LogP contribution in [0.4, 0.5) is 10.1 Å². The molecule has 1 aromatic carbocycles. The minimum absolute atomic E-state index is 0.0211. The molecule has 1 amide bonds. The third-order valence-corrected chi connectivity index (χ3v) is 8.37. The highest BCUT2D eigenvalue weighted by molar-refractivity contribution is 5.98. The lowest BCUT2D eigenvalue weighted by atomic mass is 10.1. The Morgan fingerprint density at radius 1 is 0.978 bits per heavy atom. The highest BCUT2D eigenvalue weighted by Gasteiger charge is 2.29. The molecule has 1 aliphatic heterocycles. The number of likely N-dealkylation sites (tertiary alicyclic amines) is 1. The molecule has 226 valence electrons. The molecule has 6 aromatic rings. The van der Waals surface area contributed by atoms with Gasteiger partial charge in [0.1, 0.15) is 23.9 Å². The number of imidazole rings is 1. The maximum absolute atomic E-state index is 14.8. The minimum Gasteiger partial charge on any atom is -0.492 e. The second-order valence-corrected chi connectivity index (χ2v) is 11.7. The molecule has 1 saturated heterocycles. The number of aromatic nitrogens is 7. The second-order valence-electron chi connectivity index (χ2n) is 11.7. The number of benzene rings is 1. The maximum Gasteiger partial charge on any atom is 0.227 e. The van der Waals surface area contributed by atoms with E-state index in [1.165, 1.54) is 25.0 Å². The molecule has 2 aliphatic rings. The Balaban J connectivity index is 1.10. The van der Waals surface area contributed by atoms with Crippen LogP contribution in [0.25, 0.3) is 55.8 Å². The fraction of sp³-hybridized carbons (Fsp3) is 0.273. The van der Waals surface area contributed by atoms with Gasteiger partial charge in [-0.3, -0.25) is 29.7 Å². The molecule has 8 rings (SSSR count). The topological polar surface area (TPSA) is 138 Å². The highest BCUT2D eigenvalue weighted by Crippen LogP contribution is 2.34. The number of carbonyl (C=O) groups is 1. The van der Waals surface area contributed by atoms with E-state index in [0.29, 0.717) is 57.4 Å². The summed E-state index contributed by atoms with van der Waals surface area (Å²) in [5.41, 5.74) is 6.05. The van der Waals surface area contributed by atoms with Crippen LogP contribution in [0, 0.1) is 11.7 Å². The number of carbonyl (C=O) groups excluding carboxylic acids is 1. The third kappa shape index (κ3) is 5.60. The van der Waals surface area contributed by atoms with Gasteiger partial charge in [-0.25, -0.2) is 9.37 Å². The quantitative estimate of drug-likeness (QED) is 0.195. The van der Waals surface area contributed by atoms with Gasteiger partial charge in [-0.2, -0.15) is 5.10 Å². The number of nitrogens with one attached hydrogen (secondary N) is 3. The summed E-state index contributed by atoms with van der Waals surface area (Å²) in [6.07, 6.45) is 12.7. The zero-order valence-corrected chi connectivity index (χ0v) is 24.4. The Morgan fingerprint density at radius 3 is 2.71 bits per heavy atom. The van der Waals surface area contributed by atoms with Crippen molar-refractivity contribution in [1.82, 2.24) is 40.0 Å². The molecule has 0 atom stereocenters. The summed E-state index contributed by atoms with van der Waals surface area (Å²) in [5.74, 6) is 0.732. The van der Waals surface area contributed by atoms with Gasteiger partial charge in [-0.15, -0.1) is 0 Å². The zero-order valence-electron chi connectivity index (χ0n) is 24.4. The number of ether oxygens (including phenoxy) is 1. The van der Waals surface area contributed by atoms with Gasteiger partial charge >= 0.3 is 0 Å². The van der Waals surface area contributed by atoms with Gasteiger partial charge in [0.25, 0.3) is 0 Å². The van der Waals surface area contributed by atoms with E-state index in [1.54, 1.807) is 31.0 Å². The van der Waals surface area contributed by atoms with Gasteiger partial charge in [-0.1, -0.05) is 0 Å². The molecule has 2 fully saturated rings. The normalized spacial score (nSPS) is 15.2. The lowest BCUT2D eigenvalue weighted by molar-refractivity contribution is -0.117. The average molecular weight is 604 g/mol. The van der Waals surface area contributed by atoms with Crippen molar-refractivity contribution in [3.8, 4) is 39.7 Å². The Kier molecular flexibility index (Phi) is 6.90. The number of amides is 1. The molecule has 5 aromatic heterocycles. The monoisotopic (exact) mass is 603 g/mol. The van der Waals surface area contributed by atoms with Crippen molar-refractivity contribution in [3.05, 3.63) is 67.1 Å². The first kappa shape index (κ1) is 27.3. The fourth-order valence-electron chi connectivity index (χ4n) is 5.85. The number of hydrogen-bond donors (Lipinski definition) is 3. The van der Waals surface area contributed by atoms with Crippen LogP contribution in [-0.2, 0) is 4.79 Å². The summed E-state index contributed by atoms with van der Waals surface area (Å²) < 4.78 is 20.7. The lowest BCUT2D eigenvalue weighted by Gasteiger charge is -2.15. The summed E-state index contributed by atoms with van der Waals surface area (Å²) in [5, 5.41) is 11.3. The molecule has 1 saturated carbocycles. The SMILES string of the molecule is O=C(Nc1cncc(-c2cc3c(-c4nc5c(-c6cc(F)cc(OCCN7CCCC7)c6)cncc5[nH]4)n[nH]c3cn2)c1)C1CC1. The van der Waals surface area contributed by atoms with Gasteiger partial charge in [0.15, 0.2) is 5.82 Å². The smallest absolute Gasteiger partial charge is 0.227 e. The summed E-state index contributed by atoms with van der Waals surface area (Å²) in [7, 11) is 0. The number of hydrogen-bond acceptors (Lipinski definition) is 8. The van der Waals surface area contributed by atoms with Crippen LogP contribution >= 0.6 is 0 Å². The molecular weight excluding hydrogens is 573 g/mol. The first-order chi connectivity index (χ1) is 22.1. The predicted molar refractivity (Wildman–Crippen MR) is 168 cm³/mol. The summed E-state index contributed by atoms with van der Waals surface area (Å²) in [6.45, 7) is 3.48. The number of H-pyrrole nitrogens is 2. The second kappa shape index (κ2) is 11.4. The number of pyridine rings is 3. The first-order valence-corrected chi connectivity index (χ1v) is 15.2. The van der Waals surface area contributed by atoms with E-state index in [9.17, 15) is 9.18 Å². The van der Waals surface area contributed by atoms with E-state index in [0.717, 1.165) is 48.9 Å². The van der Waals surface area contributed by atoms with Crippen molar-refractivity contribution in [2.24, 2.45) is 5.92 Å². The largest absolute Gasteiger partial charge is 0.492 e. The maximum atomic E-state index is 14.8. The Bertz CT molecular complexity index is 2050. The van der Waals surface area contributed by atoms with E-state index in [1.807, 2.05) is 18.2 Å². The zero-order chi connectivity index (χ0) is 30.3. The number of halogens is 1. The third-order valence-electron chi connectivity index (χ3n) is 8.37. The lowest BCUT2D eigenvalue weighted by Crippen LogP contribution is -2.25. The van der Waals surface area contributed by atoms with Crippen LogP contribution in [0.5, 0.6) is 5.75 Å². The summed E-state index contributed by atoms with van der Waals surface area (Å²) in [6, 6.07) is 8.49. The van der Waals surface area contributed by atoms with Crippen molar-refractivity contribution < 1.29 is 13.9 Å². The molecule has 11 nitrogen and oxygen atoms in total. The molecule has 12 heteroatoms. The molecule has 0 spiro atoms. The predicted octanol–water partition coefficient (Wildman–Crippen LogP) is 5.59. The van der Waals surface area contributed by atoms with Crippen molar-refractivity contribution >= 4 is 33.5 Å². The van der Waals surface area contributed by atoms with Gasteiger partial charge in [-0.05, 0) is 68.6 Å². The Morgan fingerprint density at radius 2 is 1.84 bits per heavy atom. The molecule has 6 heterocycles. The fourth-order valence-corrected chi connectivity index (χ4v) is 5.85. The Labute approximate surface area is 257 Å². The van der Waals surface area contributed by atoms with Crippen LogP contribution < -0.4 is 10.1 Å². The van der Waals surface area contributed by atoms with Crippen LogP contribution in [0.15, 0.2) is 61.3 Å². The van der Waals surface area contributed by atoms with Gasteiger partial charge < -0.3 is 15.0 Å². The summed E-state index contributed by atoms with van der Waals surface area (Å²) in [4.78, 5) is 36.2. The highest BCUT2D eigenvalue weighted by atomic mass is 19.1. The van der Waals surface area contributed by atoms with Crippen LogP contribution in [0.3, 0.4) is 0 Å². The van der Waals surface area contributed by atoms with E-state index in [4.69, 9.17) is 9.72 Å². The van der Waals surface area contributed by atoms with Crippen molar-refractivity contribution in [1.29, 1.82) is 0 Å². The first-order valence-electron chi connectivity index (χ1n) is 15.2. The minimum atomic E-state index is -0.388. The number of rotatable bonds is 9. The van der Waals surface area contributed by atoms with Crippen molar-refractivity contribution in [2.45, 2.75) is 25.7 Å². The Hall–Kier alpha value is -5.23. The van der Waals surface area contributed by atoms with Crippen molar-refractivity contribution in [3.63, 3.8) is 0 Å². The van der Waals surface area contributed by atoms with E-state index in [-0.39, 0.29) is 17.6 Å². The molecule has 3 N–H and O–H groups in total. The molecule has 0 unspecified atom stereocenters. The molecule has 0 radical (unpaired) electrons. The van der Waals surface area contributed by atoms with E-state index < -0.39 is 0 Å². The number of fused-ring (bicyclic) bond motifs is 2. The number of nitrogens with zero attached hydrogens (tertiary/aromatic N) is 6. The van der Waals surface area contributed by atoms with E-state index in [2.05, 4.69) is 40.3 Å². The molecular formula is C33H30FN9O2. The number of aromatic amines is 2. The van der Waals surface area contributed by atoms with Gasteiger partial charge in [0.2, 0.25) is 5.91 Å². The average Bonchev–Trinajstić information content (AvgIpc) is 3.40. The number of anilines is 1.